The topological polar surface area (TPSA) is 58.6 Å². The van der Waals surface area contributed by atoms with Gasteiger partial charge in [0.05, 0.1) is 13.0 Å². The summed E-state index contributed by atoms with van der Waals surface area (Å²) in [6, 6.07) is 0.260. The monoisotopic (exact) mass is 226 g/mol. The van der Waals surface area contributed by atoms with E-state index in [1.54, 1.807) is 0 Å². The maximum absolute atomic E-state index is 11.8. The van der Waals surface area contributed by atoms with Gasteiger partial charge >= 0.3 is 5.97 Å². The van der Waals surface area contributed by atoms with Crippen molar-refractivity contribution in [2.24, 2.45) is 5.92 Å². The maximum Gasteiger partial charge on any atom is 0.310 e. The highest BCUT2D eigenvalue weighted by Gasteiger charge is 2.38. The number of carbonyl (C=O) groups is 2. The van der Waals surface area contributed by atoms with Gasteiger partial charge in [0.1, 0.15) is 0 Å². The lowest BCUT2D eigenvalue weighted by atomic mass is 10.1. The van der Waals surface area contributed by atoms with Crippen molar-refractivity contribution in [2.75, 3.05) is 26.7 Å². The van der Waals surface area contributed by atoms with Gasteiger partial charge in [-0.05, 0) is 19.4 Å². The first-order chi connectivity index (χ1) is 7.72. The third kappa shape index (κ3) is 2.19. The molecule has 5 nitrogen and oxygen atoms in total. The Bertz CT molecular complexity index is 287. The highest BCUT2D eigenvalue weighted by atomic mass is 16.5. The minimum absolute atomic E-state index is 0.0871. The number of carbonyl (C=O) groups excluding carboxylic acids is 2. The average molecular weight is 226 g/mol. The van der Waals surface area contributed by atoms with E-state index in [-0.39, 0.29) is 23.8 Å². The Labute approximate surface area is 95.1 Å². The van der Waals surface area contributed by atoms with Crippen LogP contribution in [0, 0.1) is 5.92 Å². The molecule has 2 fully saturated rings. The summed E-state index contributed by atoms with van der Waals surface area (Å²) in [6.07, 6.45) is 2.44. The molecule has 0 unspecified atom stereocenters. The van der Waals surface area contributed by atoms with Crippen LogP contribution in [0.25, 0.3) is 0 Å². The fraction of sp³-hybridized carbons (Fsp3) is 0.818. The van der Waals surface area contributed by atoms with Crippen molar-refractivity contribution >= 4 is 11.9 Å². The van der Waals surface area contributed by atoms with Gasteiger partial charge in [-0.3, -0.25) is 9.59 Å². The smallest absolute Gasteiger partial charge is 0.310 e. The van der Waals surface area contributed by atoms with Gasteiger partial charge in [-0.2, -0.15) is 0 Å². The molecule has 0 spiro atoms. The summed E-state index contributed by atoms with van der Waals surface area (Å²) in [6.45, 7) is 2.40. The molecule has 90 valence electrons. The molecule has 2 heterocycles. The zero-order valence-corrected chi connectivity index (χ0v) is 9.57. The van der Waals surface area contributed by atoms with Crippen LogP contribution >= 0.6 is 0 Å². The predicted octanol–water partition coefficient (Wildman–Crippen LogP) is -0.240. The number of hydrogen-bond donors (Lipinski definition) is 1. The van der Waals surface area contributed by atoms with E-state index in [0.29, 0.717) is 13.0 Å². The molecule has 2 rings (SSSR count). The summed E-state index contributed by atoms with van der Waals surface area (Å²) in [5, 5.41) is 3.28. The van der Waals surface area contributed by atoms with Crippen molar-refractivity contribution in [1.29, 1.82) is 0 Å². The largest absolute Gasteiger partial charge is 0.469 e. The molecule has 0 bridgehead atoms. The van der Waals surface area contributed by atoms with Crippen LogP contribution in [0.2, 0.25) is 0 Å². The van der Waals surface area contributed by atoms with Crippen molar-refractivity contribution in [2.45, 2.75) is 25.3 Å². The summed E-state index contributed by atoms with van der Waals surface area (Å²) in [4.78, 5) is 25.0. The number of hydrogen-bond acceptors (Lipinski definition) is 4. The minimum Gasteiger partial charge on any atom is -0.469 e. The summed E-state index contributed by atoms with van der Waals surface area (Å²) in [7, 11) is 1.37. The average Bonchev–Trinajstić information content (AvgIpc) is 2.71. The molecule has 0 aromatic rings. The second kappa shape index (κ2) is 4.82. The van der Waals surface area contributed by atoms with E-state index in [2.05, 4.69) is 10.1 Å². The number of nitrogens with zero attached hydrogens (tertiary/aromatic N) is 1. The molecule has 0 aromatic heterocycles. The van der Waals surface area contributed by atoms with Crippen LogP contribution in [0.5, 0.6) is 0 Å². The van der Waals surface area contributed by atoms with Crippen molar-refractivity contribution in [1.82, 2.24) is 10.2 Å². The normalized spacial score (nSPS) is 30.6. The number of ether oxygens (including phenoxy) is 1. The molecule has 5 heteroatoms. The van der Waals surface area contributed by atoms with Crippen LogP contribution in [0.3, 0.4) is 0 Å². The summed E-state index contributed by atoms with van der Waals surface area (Å²) in [5.74, 6) is -0.442. The van der Waals surface area contributed by atoms with Crippen LogP contribution < -0.4 is 5.32 Å². The van der Waals surface area contributed by atoms with Gasteiger partial charge < -0.3 is 15.0 Å². The maximum atomic E-state index is 11.8. The highest BCUT2D eigenvalue weighted by molar-refractivity contribution is 5.87. The summed E-state index contributed by atoms with van der Waals surface area (Å²) in [5.41, 5.74) is 0. The summed E-state index contributed by atoms with van der Waals surface area (Å²) < 4.78 is 4.68. The third-order valence-electron chi connectivity index (χ3n) is 3.40. The number of nitrogens with one attached hydrogen (secondary N) is 1. The van der Waals surface area contributed by atoms with E-state index in [9.17, 15) is 9.59 Å². The third-order valence-corrected chi connectivity index (χ3v) is 3.40. The van der Waals surface area contributed by atoms with Crippen LogP contribution in [0.15, 0.2) is 0 Å². The first-order valence-electron chi connectivity index (χ1n) is 5.80. The van der Waals surface area contributed by atoms with Gasteiger partial charge in [0.15, 0.2) is 0 Å². The molecule has 2 aliphatic rings. The quantitative estimate of drug-likeness (QED) is 0.660. The number of rotatable bonds is 2. The molecule has 0 aliphatic carbocycles. The van der Waals surface area contributed by atoms with Crippen LogP contribution in [-0.4, -0.2) is 49.6 Å². The van der Waals surface area contributed by atoms with Crippen molar-refractivity contribution in [3.8, 4) is 0 Å². The zero-order chi connectivity index (χ0) is 11.5. The lowest BCUT2D eigenvalue weighted by molar-refractivity contribution is -0.145. The van der Waals surface area contributed by atoms with E-state index in [1.807, 2.05) is 4.90 Å². The lowest BCUT2D eigenvalue weighted by Crippen LogP contribution is -2.46. The molecule has 0 aromatic carbocycles. The van der Waals surface area contributed by atoms with E-state index in [1.165, 1.54) is 7.11 Å². The highest BCUT2D eigenvalue weighted by Crippen LogP contribution is 2.23. The summed E-state index contributed by atoms with van der Waals surface area (Å²) >= 11 is 0. The van der Waals surface area contributed by atoms with Gasteiger partial charge in [0, 0.05) is 25.6 Å². The number of esters is 1. The van der Waals surface area contributed by atoms with Crippen molar-refractivity contribution < 1.29 is 14.3 Å². The van der Waals surface area contributed by atoms with Crippen LogP contribution in [0.4, 0.5) is 0 Å². The number of amides is 1. The Kier molecular flexibility index (Phi) is 3.43. The molecule has 0 radical (unpaired) electrons. The van der Waals surface area contributed by atoms with Crippen LogP contribution in [0.1, 0.15) is 19.3 Å². The molecule has 1 amide bonds. The Morgan fingerprint density at radius 2 is 2.38 bits per heavy atom. The van der Waals surface area contributed by atoms with Gasteiger partial charge in [0.25, 0.3) is 0 Å². The van der Waals surface area contributed by atoms with Crippen molar-refractivity contribution in [3.63, 3.8) is 0 Å². The fourth-order valence-electron chi connectivity index (χ4n) is 2.51. The molecule has 2 aliphatic heterocycles. The number of piperidine rings is 1. The molecule has 16 heavy (non-hydrogen) atoms. The fourth-order valence-corrected chi connectivity index (χ4v) is 2.51. The number of likely N-dealkylation sites (tertiary alicyclic amines) is 1. The minimum atomic E-state index is -0.264. The molecule has 1 N–H and O–H groups in total. The Hall–Kier alpha value is -1.10. The van der Waals surface area contributed by atoms with E-state index in [0.717, 1.165) is 25.9 Å². The molecular formula is C11H18N2O3. The van der Waals surface area contributed by atoms with Gasteiger partial charge in [-0.1, -0.05) is 0 Å². The first-order valence-corrected chi connectivity index (χ1v) is 5.80. The van der Waals surface area contributed by atoms with Gasteiger partial charge in [-0.25, -0.2) is 0 Å². The second-order valence-corrected chi connectivity index (χ2v) is 4.47. The van der Waals surface area contributed by atoms with E-state index < -0.39 is 0 Å². The molecule has 0 saturated carbocycles. The Morgan fingerprint density at radius 3 is 3.00 bits per heavy atom. The Morgan fingerprint density at radius 1 is 1.56 bits per heavy atom. The lowest BCUT2D eigenvalue weighted by Gasteiger charge is -2.31. The first kappa shape index (κ1) is 11.4. The standard InChI is InChI=1S/C11H18N2O3/c1-16-11(15)8-5-10(14)13(7-8)9-3-2-4-12-6-9/h8-9,12H,2-7H2,1H3/t8-,9+/m0/s1. The second-order valence-electron chi connectivity index (χ2n) is 4.47. The number of methoxy groups -OCH3 is 1. The van der Waals surface area contributed by atoms with E-state index >= 15 is 0 Å². The van der Waals surface area contributed by atoms with Gasteiger partial charge in [0.2, 0.25) is 5.91 Å². The molecular weight excluding hydrogens is 208 g/mol. The molecule has 2 atom stereocenters. The predicted molar refractivity (Wildman–Crippen MR) is 57.7 cm³/mol. The van der Waals surface area contributed by atoms with Crippen LogP contribution in [-0.2, 0) is 14.3 Å². The SMILES string of the molecule is COC(=O)[C@H]1CC(=O)N([C@@H]2CCCNC2)C1. The zero-order valence-electron chi connectivity index (χ0n) is 9.57. The van der Waals surface area contributed by atoms with Crippen molar-refractivity contribution in [3.05, 3.63) is 0 Å². The van der Waals surface area contributed by atoms with E-state index in [4.69, 9.17) is 0 Å². The Balaban J connectivity index is 1.96. The van der Waals surface area contributed by atoms with Gasteiger partial charge in [-0.15, -0.1) is 0 Å². The molecule has 2 saturated heterocycles.